The number of pyridine rings is 1. The second-order valence-electron chi connectivity index (χ2n) is 10.2. The Morgan fingerprint density at radius 2 is 1.55 bits per heavy atom. The molecule has 1 aromatic heterocycles. The molecule has 8 heteroatoms. The number of carbonyl (C=O) groups is 2. The number of hydrogen-bond donors (Lipinski definition) is 1. The topological polar surface area (TPSA) is 71.5 Å². The fraction of sp³-hybridized carbons (Fsp3) is 0.176. The van der Waals surface area contributed by atoms with Crippen molar-refractivity contribution < 1.29 is 14.3 Å². The van der Waals surface area contributed by atoms with E-state index in [0.717, 1.165) is 27.8 Å². The zero-order chi connectivity index (χ0) is 28.9. The summed E-state index contributed by atoms with van der Waals surface area (Å²) in [6, 6.07) is 32.7. The Bertz CT molecular complexity index is 1560. The van der Waals surface area contributed by atoms with Gasteiger partial charge in [-0.2, -0.15) is 0 Å². The molecule has 1 N–H and O–H groups in total. The van der Waals surface area contributed by atoms with Gasteiger partial charge >= 0.3 is 0 Å². The van der Waals surface area contributed by atoms with Crippen LogP contribution in [0.25, 0.3) is 0 Å². The van der Waals surface area contributed by atoms with Gasteiger partial charge in [0.25, 0.3) is 5.91 Å². The third kappa shape index (κ3) is 6.00. The summed E-state index contributed by atoms with van der Waals surface area (Å²) in [6.07, 6.45) is 3.92. The van der Waals surface area contributed by atoms with Crippen LogP contribution in [0.4, 0.5) is 0 Å². The first-order valence-corrected chi connectivity index (χ1v) is 15.2. The summed E-state index contributed by atoms with van der Waals surface area (Å²) in [5.74, 6) is 0.280. The molecule has 0 bridgehead atoms. The summed E-state index contributed by atoms with van der Waals surface area (Å²) in [6.45, 7) is 0. The van der Waals surface area contributed by atoms with Gasteiger partial charge in [-0.1, -0.05) is 97.1 Å². The molecule has 0 unspecified atom stereocenters. The fourth-order valence-electron chi connectivity index (χ4n) is 5.31. The number of fused-ring (bicyclic) bond motifs is 1. The maximum absolute atomic E-state index is 13.7. The smallest absolute Gasteiger partial charge is 0.253 e. The number of benzene rings is 3. The number of carbonyl (C=O) groups excluding carboxylic acids is 2. The molecule has 2 aliphatic heterocycles. The van der Waals surface area contributed by atoms with Gasteiger partial charge in [-0.25, -0.2) is 0 Å². The molecule has 1 saturated heterocycles. The quantitative estimate of drug-likeness (QED) is 0.200. The minimum Gasteiger partial charge on any atom is -0.469 e. The number of amides is 2. The van der Waals surface area contributed by atoms with E-state index in [4.69, 9.17) is 17.0 Å². The van der Waals surface area contributed by atoms with Crippen LogP contribution >= 0.6 is 24.0 Å². The van der Waals surface area contributed by atoms with E-state index < -0.39 is 12.1 Å². The van der Waals surface area contributed by atoms with E-state index in [0.29, 0.717) is 17.9 Å². The summed E-state index contributed by atoms with van der Waals surface area (Å²) in [5, 5.41) is 2.96. The number of rotatable bonds is 9. The molecule has 0 saturated carbocycles. The van der Waals surface area contributed by atoms with Crippen LogP contribution in [0.15, 0.2) is 127 Å². The zero-order valence-corrected chi connectivity index (χ0v) is 24.4. The van der Waals surface area contributed by atoms with Gasteiger partial charge in [0, 0.05) is 18.1 Å². The van der Waals surface area contributed by atoms with Gasteiger partial charge in [-0.05, 0) is 52.5 Å². The molecule has 6 nitrogen and oxygen atoms in total. The lowest BCUT2D eigenvalue weighted by Crippen LogP contribution is -2.70. The maximum Gasteiger partial charge on any atom is 0.253 e. The Morgan fingerprint density at radius 3 is 2.17 bits per heavy atom. The monoisotopic (exact) mass is 591 g/mol. The minimum absolute atomic E-state index is 0.182. The number of nitrogens with zero attached hydrogens (tertiary/aromatic N) is 2. The number of β-lactam (4-membered cyclic amide) rings is 1. The molecule has 2 aliphatic rings. The van der Waals surface area contributed by atoms with Crippen molar-refractivity contribution in [3.05, 3.63) is 149 Å². The van der Waals surface area contributed by atoms with Gasteiger partial charge in [0.05, 0.1) is 12.1 Å². The third-order valence-corrected chi connectivity index (χ3v) is 8.96. The highest BCUT2D eigenvalue weighted by Gasteiger charge is 2.53. The van der Waals surface area contributed by atoms with Crippen molar-refractivity contribution in [2.45, 2.75) is 30.4 Å². The van der Waals surface area contributed by atoms with Crippen LogP contribution in [0.1, 0.15) is 28.4 Å². The van der Waals surface area contributed by atoms with Gasteiger partial charge in [0.1, 0.15) is 17.5 Å². The Balaban J connectivity index is 1.28. The number of nitrogens with one attached hydrogen (secondary N) is 1. The molecule has 2 atom stereocenters. The number of hydrogen-bond acceptors (Lipinski definition) is 6. The van der Waals surface area contributed by atoms with Crippen molar-refractivity contribution in [3.63, 3.8) is 0 Å². The molecular formula is C34H29N3O3S2. The van der Waals surface area contributed by atoms with E-state index in [2.05, 4.69) is 10.3 Å². The van der Waals surface area contributed by atoms with Crippen molar-refractivity contribution in [2.24, 2.45) is 0 Å². The molecule has 42 heavy (non-hydrogen) atoms. The van der Waals surface area contributed by atoms with Crippen molar-refractivity contribution in [3.8, 4) is 0 Å². The summed E-state index contributed by atoms with van der Waals surface area (Å²) < 4.78 is 6.59. The van der Waals surface area contributed by atoms with Gasteiger partial charge in [0.2, 0.25) is 11.0 Å². The Hall–Kier alpha value is -4.27. The second kappa shape index (κ2) is 12.7. The van der Waals surface area contributed by atoms with Gasteiger partial charge < -0.3 is 10.1 Å². The van der Waals surface area contributed by atoms with Crippen molar-refractivity contribution >= 4 is 40.8 Å². The van der Waals surface area contributed by atoms with E-state index in [9.17, 15) is 9.59 Å². The number of thiocarbonyl (C=S) groups is 1. The lowest BCUT2D eigenvalue weighted by atomic mass is 9.98. The van der Waals surface area contributed by atoms with Crippen molar-refractivity contribution in [1.29, 1.82) is 0 Å². The standard InChI is InChI=1S/C34H29N3O3S2/c38-28(20-23-11-4-1-5-12-23)36-29-32(39)37-30(27(22-42-33(29)37)19-24-13-10-18-35-21-24)34(41)40-31(25-14-6-2-7-15-25)26-16-8-3-9-17-26/h1-18,21,29,31,33H,19-20,22H2,(H,36,38)/t29-,33-/m1/s1. The van der Waals surface area contributed by atoms with Crippen LogP contribution in [-0.2, 0) is 27.2 Å². The first kappa shape index (κ1) is 27.9. The van der Waals surface area contributed by atoms with Crippen molar-refractivity contribution in [1.82, 2.24) is 15.2 Å². The first-order valence-electron chi connectivity index (χ1n) is 13.8. The van der Waals surface area contributed by atoms with E-state index in [1.54, 1.807) is 22.9 Å². The number of ether oxygens (including phenoxy) is 1. The maximum atomic E-state index is 13.7. The fourth-order valence-corrected chi connectivity index (χ4v) is 6.99. The van der Waals surface area contributed by atoms with E-state index in [-0.39, 0.29) is 28.7 Å². The van der Waals surface area contributed by atoms with Gasteiger partial charge in [-0.3, -0.25) is 19.5 Å². The average Bonchev–Trinajstić information content (AvgIpc) is 3.04. The number of aromatic nitrogens is 1. The molecule has 3 aromatic carbocycles. The minimum atomic E-state index is -0.622. The molecule has 0 radical (unpaired) electrons. The second-order valence-corrected chi connectivity index (χ2v) is 11.7. The largest absolute Gasteiger partial charge is 0.469 e. The lowest BCUT2D eigenvalue weighted by molar-refractivity contribution is -0.145. The molecule has 0 aliphatic carbocycles. The SMILES string of the molecule is O=C(Cc1ccccc1)N[C@@H]1C(=O)N2C(C(=S)OC(c3ccccc3)c3ccccc3)=C(Cc3cccnc3)CS[C@H]12. The Kier molecular flexibility index (Phi) is 8.44. The molecule has 1 fully saturated rings. The van der Waals surface area contributed by atoms with E-state index in [1.165, 1.54) is 0 Å². The van der Waals surface area contributed by atoms with Crippen LogP contribution in [0, 0.1) is 0 Å². The van der Waals surface area contributed by atoms with E-state index in [1.807, 2.05) is 109 Å². The van der Waals surface area contributed by atoms with Crippen molar-refractivity contribution in [2.75, 3.05) is 5.75 Å². The van der Waals surface area contributed by atoms with Gasteiger partial charge in [0.15, 0.2) is 0 Å². The molecule has 3 heterocycles. The Morgan fingerprint density at radius 1 is 0.929 bits per heavy atom. The summed E-state index contributed by atoms with van der Waals surface area (Å²) in [4.78, 5) is 32.5. The Labute approximate surface area is 254 Å². The predicted octanol–water partition coefficient (Wildman–Crippen LogP) is 5.65. The molecule has 2 amide bonds. The summed E-state index contributed by atoms with van der Waals surface area (Å²) >= 11 is 7.62. The predicted molar refractivity (Wildman–Crippen MR) is 169 cm³/mol. The van der Waals surface area contributed by atoms with Crippen LogP contribution in [0.2, 0.25) is 0 Å². The van der Waals surface area contributed by atoms with Gasteiger partial charge in [-0.15, -0.1) is 11.8 Å². The highest BCUT2D eigenvalue weighted by atomic mass is 32.2. The van der Waals surface area contributed by atoms with Crippen LogP contribution in [0.5, 0.6) is 0 Å². The lowest BCUT2D eigenvalue weighted by Gasteiger charge is -2.50. The van der Waals surface area contributed by atoms with Crippen LogP contribution in [0.3, 0.4) is 0 Å². The average molecular weight is 592 g/mol. The first-order chi connectivity index (χ1) is 20.6. The molecule has 4 aromatic rings. The van der Waals surface area contributed by atoms with E-state index >= 15 is 0 Å². The zero-order valence-electron chi connectivity index (χ0n) is 22.8. The summed E-state index contributed by atoms with van der Waals surface area (Å²) in [5.41, 5.74) is 5.46. The van der Waals surface area contributed by atoms with Crippen LogP contribution in [-0.4, -0.2) is 43.9 Å². The molecule has 210 valence electrons. The highest BCUT2D eigenvalue weighted by Crippen LogP contribution is 2.42. The normalized spacial score (nSPS) is 17.8. The summed E-state index contributed by atoms with van der Waals surface area (Å²) in [7, 11) is 0. The van der Waals surface area contributed by atoms with Crippen LogP contribution < -0.4 is 5.32 Å². The molecular weight excluding hydrogens is 563 g/mol. The molecule has 0 spiro atoms. The highest BCUT2D eigenvalue weighted by molar-refractivity contribution is 8.00. The third-order valence-electron chi connectivity index (χ3n) is 7.33. The number of thioether (sulfide) groups is 1. The molecule has 6 rings (SSSR count).